The fourth-order valence-electron chi connectivity index (χ4n) is 0.995. The van der Waals surface area contributed by atoms with Crippen molar-refractivity contribution in [3.8, 4) is 0 Å². The van der Waals surface area contributed by atoms with Crippen molar-refractivity contribution >= 4 is 29.2 Å². The molecule has 0 saturated heterocycles. The lowest BCUT2D eigenvalue weighted by Gasteiger charge is -2.09. The van der Waals surface area contributed by atoms with Crippen LogP contribution in [0.5, 0.6) is 0 Å². The van der Waals surface area contributed by atoms with Crippen LogP contribution in [0.25, 0.3) is 0 Å². The van der Waals surface area contributed by atoms with E-state index in [-0.39, 0.29) is 15.9 Å². The molecule has 14 heavy (non-hydrogen) atoms. The summed E-state index contributed by atoms with van der Waals surface area (Å²) >= 11 is 11.5. The van der Waals surface area contributed by atoms with Crippen LogP contribution in [0, 0.1) is 6.92 Å². The molecule has 1 atom stereocenters. The smallest absolute Gasteiger partial charge is 0.310 e. The number of aromatic nitrogens is 2. The van der Waals surface area contributed by atoms with Crippen molar-refractivity contribution < 1.29 is 9.90 Å². The summed E-state index contributed by atoms with van der Waals surface area (Å²) in [6, 6.07) is 0. The second-order valence-corrected chi connectivity index (χ2v) is 3.54. The molecular formula is C8H8Cl2N2O2. The highest BCUT2D eigenvalue weighted by molar-refractivity contribution is 6.35. The van der Waals surface area contributed by atoms with Crippen molar-refractivity contribution in [3.05, 3.63) is 21.7 Å². The highest BCUT2D eigenvalue weighted by Gasteiger charge is 2.22. The first-order chi connectivity index (χ1) is 6.43. The number of carboxylic acids is 1. The van der Waals surface area contributed by atoms with Crippen LogP contribution in [0.15, 0.2) is 0 Å². The summed E-state index contributed by atoms with van der Waals surface area (Å²) in [5, 5.41) is 8.97. The van der Waals surface area contributed by atoms with Crippen LogP contribution in [0.2, 0.25) is 10.3 Å². The van der Waals surface area contributed by atoms with Crippen molar-refractivity contribution in [1.82, 2.24) is 9.97 Å². The van der Waals surface area contributed by atoms with Crippen molar-refractivity contribution in [1.29, 1.82) is 0 Å². The van der Waals surface area contributed by atoms with E-state index >= 15 is 0 Å². The maximum atomic E-state index is 10.7. The van der Waals surface area contributed by atoms with Crippen LogP contribution in [0.4, 0.5) is 0 Å². The third kappa shape index (κ3) is 2.13. The molecule has 1 rings (SSSR count). The molecular weight excluding hydrogens is 227 g/mol. The van der Waals surface area contributed by atoms with E-state index < -0.39 is 11.9 Å². The van der Waals surface area contributed by atoms with Gasteiger partial charge in [-0.25, -0.2) is 9.97 Å². The Labute approximate surface area is 90.9 Å². The van der Waals surface area contributed by atoms with Crippen molar-refractivity contribution in [2.45, 2.75) is 19.8 Å². The van der Waals surface area contributed by atoms with Gasteiger partial charge in [0.1, 0.15) is 16.1 Å². The number of rotatable bonds is 2. The lowest BCUT2D eigenvalue weighted by Crippen LogP contribution is -2.10. The summed E-state index contributed by atoms with van der Waals surface area (Å²) in [6.07, 6.45) is 0. The number of aryl methyl sites for hydroxylation is 1. The number of aliphatic carboxylic acids is 1. The Morgan fingerprint density at radius 3 is 2.14 bits per heavy atom. The van der Waals surface area contributed by atoms with Gasteiger partial charge in [0.25, 0.3) is 0 Å². The van der Waals surface area contributed by atoms with Gasteiger partial charge in [0.2, 0.25) is 0 Å². The molecule has 0 saturated carbocycles. The minimum Gasteiger partial charge on any atom is -0.481 e. The molecule has 4 nitrogen and oxygen atoms in total. The first-order valence-corrected chi connectivity index (χ1v) is 4.61. The molecule has 0 radical (unpaired) electrons. The number of halogens is 2. The summed E-state index contributed by atoms with van der Waals surface area (Å²) in [7, 11) is 0. The van der Waals surface area contributed by atoms with E-state index in [1.54, 1.807) is 6.92 Å². The van der Waals surface area contributed by atoms with Crippen LogP contribution in [0.1, 0.15) is 24.2 Å². The quantitative estimate of drug-likeness (QED) is 0.798. The van der Waals surface area contributed by atoms with Gasteiger partial charge in [-0.3, -0.25) is 4.79 Å². The molecule has 1 N–H and O–H groups in total. The standard InChI is InChI=1S/C8H8Cl2N2O2/c1-3(8(13)14)5-6(9)11-4(2)12-7(5)10/h3H,1-2H3,(H,13,14). The highest BCUT2D eigenvalue weighted by Crippen LogP contribution is 2.28. The summed E-state index contributed by atoms with van der Waals surface area (Å²) in [5.74, 6) is -1.40. The summed E-state index contributed by atoms with van der Waals surface area (Å²) in [4.78, 5) is 18.4. The van der Waals surface area contributed by atoms with Gasteiger partial charge in [0.15, 0.2) is 0 Å². The van der Waals surface area contributed by atoms with Crippen LogP contribution in [0.3, 0.4) is 0 Å². The van der Waals surface area contributed by atoms with Crippen LogP contribution < -0.4 is 0 Å². The van der Waals surface area contributed by atoms with E-state index in [0.29, 0.717) is 5.82 Å². The number of carboxylic acid groups (broad SMARTS) is 1. The summed E-state index contributed by atoms with van der Waals surface area (Å²) in [6.45, 7) is 3.11. The third-order valence-electron chi connectivity index (χ3n) is 1.77. The Kier molecular flexibility index (Phi) is 3.29. The number of hydrogen-bond acceptors (Lipinski definition) is 3. The Morgan fingerprint density at radius 1 is 1.36 bits per heavy atom. The fraction of sp³-hybridized carbons (Fsp3) is 0.375. The van der Waals surface area contributed by atoms with E-state index in [0.717, 1.165) is 0 Å². The predicted molar refractivity (Wildman–Crippen MR) is 52.8 cm³/mol. The van der Waals surface area contributed by atoms with Gasteiger partial charge in [0, 0.05) is 5.56 Å². The van der Waals surface area contributed by atoms with Gasteiger partial charge >= 0.3 is 5.97 Å². The number of carbonyl (C=O) groups is 1. The maximum Gasteiger partial charge on any atom is 0.310 e. The molecule has 0 aromatic carbocycles. The minimum atomic E-state index is -1.01. The predicted octanol–water partition coefficient (Wildman–Crippen LogP) is 2.28. The molecule has 0 aliphatic carbocycles. The van der Waals surface area contributed by atoms with Gasteiger partial charge < -0.3 is 5.11 Å². The second-order valence-electron chi connectivity index (χ2n) is 2.83. The molecule has 76 valence electrons. The largest absolute Gasteiger partial charge is 0.481 e. The zero-order valence-electron chi connectivity index (χ0n) is 7.58. The maximum absolute atomic E-state index is 10.7. The molecule has 0 fully saturated rings. The molecule has 6 heteroatoms. The molecule has 0 aliphatic rings. The average Bonchev–Trinajstić information content (AvgIpc) is 2.01. The first-order valence-electron chi connectivity index (χ1n) is 3.85. The average molecular weight is 235 g/mol. The third-order valence-corrected chi connectivity index (χ3v) is 2.34. The van der Waals surface area contributed by atoms with E-state index in [1.165, 1.54) is 6.92 Å². The Hall–Kier alpha value is -0.870. The Morgan fingerprint density at radius 2 is 1.79 bits per heavy atom. The van der Waals surface area contributed by atoms with E-state index in [9.17, 15) is 4.79 Å². The van der Waals surface area contributed by atoms with Gasteiger partial charge in [-0.2, -0.15) is 0 Å². The summed E-state index contributed by atoms with van der Waals surface area (Å²) < 4.78 is 0. The lowest BCUT2D eigenvalue weighted by atomic mass is 10.1. The Balaban J connectivity index is 3.27. The van der Waals surface area contributed by atoms with E-state index in [1.807, 2.05) is 0 Å². The van der Waals surface area contributed by atoms with E-state index in [4.69, 9.17) is 28.3 Å². The zero-order valence-corrected chi connectivity index (χ0v) is 9.10. The van der Waals surface area contributed by atoms with Gasteiger partial charge in [0.05, 0.1) is 5.92 Å². The molecule has 1 aromatic rings. The number of hydrogen-bond donors (Lipinski definition) is 1. The Bertz CT molecular complexity index is 359. The summed E-state index contributed by atoms with van der Waals surface area (Å²) in [5.41, 5.74) is 0.256. The fourth-order valence-corrected chi connectivity index (χ4v) is 1.79. The van der Waals surface area contributed by atoms with Crippen molar-refractivity contribution in [3.63, 3.8) is 0 Å². The first kappa shape index (κ1) is 11.2. The van der Waals surface area contributed by atoms with Crippen LogP contribution in [-0.2, 0) is 4.79 Å². The monoisotopic (exact) mass is 234 g/mol. The van der Waals surface area contributed by atoms with Crippen LogP contribution in [-0.4, -0.2) is 21.0 Å². The number of nitrogens with zero attached hydrogens (tertiary/aromatic N) is 2. The normalized spacial score (nSPS) is 12.6. The molecule has 1 unspecified atom stereocenters. The molecule has 1 heterocycles. The molecule has 1 aromatic heterocycles. The zero-order chi connectivity index (χ0) is 10.9. The second kappa shape index (κ2) is 4.11. The minimum absolute atomic E-state index is 0.0948. The van der Waals surface area contributed by atoms with Crippen molar-refractivity contribution in [2.75, 3.05) is 0 Å². The molecule has 0 aliphatic heterocycles. The van der Waals surface area contributed by atoms with Crippen LogP contribution >= 0.6 is 23.2 Å². The van der Waals surface area contributed by atoms with Crippen molar-refractivity contribution in [2.24, 2.45) is 0 Å². The molecule has 0 amide bonds. The SMILES string of the molecule is Cc1nc(Cl)c(C(C)C(=O)O)c(Cl)n1. The highest BCUT2D eigenvalue weighted by atomic mass is 35.5. The molecule has 0 bridgehead atoms. The van der Waals surface area contributed by atoms with Gasteiger partial charge in [-0.05, 0) is 13.8 Å². The van der Waals surface area contributed by atoms with E-state index in [2.05, 4.69) is 9.97 Å². The van der Waals surface area contributed by atoms with Gasteiger partial charge in [-0.15, -0.1) is 0 Å². The topological polar surface area (TPSA) is 63.1 Å². The lowest BCUT2D eigenvalue weighted by molar-refractivity contribution is -0.138. The van der Waals surface area contributed by atoms with Gasteiger partial charge in [-0.1, -0.05) is 23.2 Å². The molecule has 0 spiro atoms.